The zero-order valence-corrected chi connectivity index (χ0v) is 20.0. The van der Waals surface area contributed by atoms with Crippen molar-refractivity contribution in [1.82, 2.24) is 15.0 Å². The first kappa shape index (κ1) is 24.8. The molecule has 3 rings (SSSR count). The molecule has 0 unspecified atom stereocenters. The molecule has 9 nitrogen and oxygen atoms in total. The van der Waals surface area contributed by atoms with Gasteiger partial charge in [-0.2, -0.15) is 0 Å². The van der Waals surface area contributed by atoms with Gasteiger partial charge in [-0.25, -0.2) is 9.59 Å². The zero-order chi connectivity index (χ0) is 25.0. The minimum Gasteiger partial charge on any atom is -0.505 e. The van der Waals surface area contributed by atoms with Crippen LogP contribution in [-0.4, -0.2) is 52.4 Å². The van der Waals surface area contributed by atoms with Gasteiger partial charge in [-0.1, -0.05) is 27.4 Å². The van der Waals surface area contributed by atoms with E-state index in [-0.39, 0.29) is 17.8 Å². The lowest BCUT2D eigenvalue weighted by atomic mass is 9.86. The van der Waals surface area contributed by atoms with Gasteiger partial charge in [0.15, 0.2) is 0 Å². The molecule has 0 aliphatic carbocycles. The van der Waals surface area contributed by atoms with Crippen LogP contribution in [0.1, 0.15) is 50.0 Å². The maximum absolute atomic E-state index is 11.8. The van der Waals surface area contributed by atoms with Crippen molar-refractivity contribution >= 4 is 23.0 Å². The van der Waals surface area contributed by atoms with Gasteiger partial charge < -0.3 is 19.3 Å². The summed E-state index contributed by atoms with van der Waals surface area (Å²) in [5, 5.41) is 19.9. The van der Waals surface area contributed by atoms with Crippen molar-refractivity contribution in [2.75, 3.05) is 20.3 Å². The summed E-state index contributed by atoms with van der Waals surface area (Å²) in [5.41, 5.74) is 2.33. The summed E-state index contributed by atoms with van der Waals surface area (Å²) in [4.78, 5) is 24.6. The third-order valence-electron chi connectivity index (χ3n) is 5.03. The summed E-state index contributed by atoms with van der Waals surface area (Å²) < 4.78 is 15.7. The fourth-order valence-corrected chi connectivity index (χ4v) is 3.20. The van der Waals surface area contributed by atoms with Gasteiger partial charge in [-0.3, -0.25) is 0 Å². The van der Waals surface area contributed by atoms with E-state index in [0.29, 0.717) is 52.2 Å². The topological polar surface area (TPSA) is 113 Å². The Kier molecular flexibility index (Phi) is 7.24. The van der Waals surface area contributed by atoms with Crippen LogP contribution in [0.25, 0.3) is 16.7 Å². The Labute approximate surface area is 197 Å². The second kappa shape index (κ2) is 9.94. The number of benzene rings is 2. The van der Waals surface area contributed by atoms with Gasteiger partial charge >= 0.3 is 11.9 Å². The quantitative estimate of drug-likeness (QED) is 0.299. The van der Waals surface area contributed by atoms with Gasteiger partial charge in [0.2, 0.25) is 0 Å². The number of aromatic hydroxyl groups is 1. The van der Waals surface area contributed by atoms with Gasteiger partial charge in [0.05, 0.1) is 25.9 Å². The average Bonchev–Trinajstić information content (AvgIpc) is 3.21. The highest BCUT2D eigenvalue weighted by atomic mass is 16.5. The molecule has 0 radical (unpaired) electrons. The first-order valence-electron chi connectivity index (χ1n) is 10.8. The van der Waals surface area contributed by atoms with Crippen molar-refractivity contribution in [2.45, 2.75) is 39.5 Å². The molecule has 0 saturated carbocycles. The van der Waals surface area contributed by atoms with Crippen molar-refractivity contribution < 1.29 is 28.9 Å². The van der Waals surface area contributed by atoms with Gasteiger partial charge in [-0.15, -0.1) is 15.0 Å². The van der Waals surface area contributed by atoms with Crippen molar-refractivity contribution in [3.05, 3.63) is 53.6 Å². The Morgan fingerprint density at radius 3 is 2.44 bits per heavy atom. The second-order valence-electron chi connectivity index (χ2n) is 8.89. The third kappa shape index (κ3) is 5.54. The molecule has 2 aromatic carbocycles. The summed E-state index contributed by atoms with van der Waals surface area (Å²) in [5.74, 6) is -0.364. The number of nitrogens with zero attached hydrogens (tertiary/aromatic N) is 3. The van der Waals surface area contributed by atoms with Gasteiger partial charge in [0.1, 0.15) is 28.2 Å². The largest absolute Gasteiger partial charge is 0.505 e. The van der Waals surface area contributed by atoms with E-state index < -0.39 is 11.9 Å². The molecule has 9 heteroatoms. The number of carbonyl (C=O) groups excluding carboxylic acids is 2. The minimum absolute atomic E-state index is 0.0312. The number of phenolic OH excluding ortho intramolecular Hbond substituents is 1. The fourth-order valence-electron chi connectivity index (χ4n) is 3.20. The van der Waals surface area contributed by atoms with Crippen molar-refractivity contribution in [3.8, 4) is 17.2 Å². The van der Waals surface area contributed by atoms with Crippen LogP contribution in [0.2, 0.25) is 0 Å². The van der Waals surface area contributed by atoms with Crippen LogP contribution in [0, 0.1) is 0 Å². The maximum Gasteiger partial charge on any atom is 0.337 e. The highest BCUT2D eigenvalue weighted by Crippen LogP contribution is 2.38. The molecule has 0 bridgehead atoms. The molecule has 1 heterocycles. The molecule has 0 aliphatic heterocycles. The third-order valence-corrected chi connectivity index (χ3v) is 5.03. The van der Waals surface area contributed by atoms with E-state index in [4.69, 9.17) is 14.2 Å². The van der Waals surface area contributed by atoms with Crippen LogP contribution in [0.4, 0.5) is 0 Å². The van der Waals surface area contributed by atoms with E-state index in [2.05, 4.69) is 16.8 Å². The lowest BCUT2D eigenvalue weighted by molar-refractivity contribution is -0.139. The van der Waals surface area contributed by atoms with Crippen LogP contribution in [-0.2, 0) is 19.7 Å². The number of fused-ring (bicyclic) bond motifs is 1. The molecule has 0 atom stereocenters. The van der Waals surface area contributed by atoms with Crippen molar-refractivity contribution in [2.24, 2.45) is 0 Å². The van der Waals surface area contributed by atoms with E-state index in [0.717, 1.165) is 0 Å². The van der Waals surface area contributed by atoms with Crippen molar-refractivity contribution in [3.63, 3.8) is 0 Å². The van der Waals surface area contributed by atoms with Crippen LogP contribution >= 0.6 is 0 Å². The van der Waals surface area contributed by atoms with E-state index in [1.54, 1.807) is 37.3 Å². The van der Waals surface area contributed by atoms with E-state index in [1.165, 1.54) is 11.9 Å². The molecule has 180 valence electrons. The number of hydrogen-bond donors (Lipinski definition) is 1. The lowest BCUT2D eigenvalue weighted by Crippen LogP contribution is -2.14. The maximum atomic E-state index is 11.8. The van der Waals surface area contributed by atoms with Gasteiger partial charge in [-0.05, 0) is 36.6 Å². The van der Waals surface area contributed by atoms with Crippen molar-refractivity contribution in [1.29, 1.82) is 0 Å². The number of rotatable bonds is 8. The molecule has 1 N–H and O–H groups in total. The molecule has 34 heavy (non-hydrogen) atoms. The van der Waals surface area contributed by atoms with E-state index in [9.17, 15) is 14.7 Å². The summed E-state index contributed by atoms with van der Waals surface area (Å²) in [6, 6.07) is 8.27. The highest BCUT2D eigenvalue weighted by molar-refractivity contribution is 5.93. The Morgan fingerprint density at radius 1 is 1.09 bits per heavy atom. The molecule has 0 saturated heterocycles. The molecular weight excluding hydrogens is 438 g/mol. The average molecular weight is 468 g/mol. The molecule has 0 amide bonds. The monoisotopic (exact) mass is 467 g/mol. The summed E-state index contributed by atoms with van der Waals surface area (Å²) in [6.45, 7) is 11.6. The number of phenols is 1. The number of carbonyl (C=O) groups is 2. The Morgan fingerprint density at radius 2 is 1.79 bits per heavy atom. The number of hydrogen-bond acceptors (Lipinski definition) is 8. The standard InChI is InChI=1S/C25H29N3O6/c1-15(2)23(30)34-11-7-10-33-17-13-18(25(3,4)5)22(29)21(14-17)28-26-19-9-8-16(24(31)32-6)12-20(19)27-28/h8-9,12-14,29H,1,7,10-11H2,2-6H3. The molecule has 1 aromatic heterocycles. The molecular formula is C25H29N3O6. The SMILES string of the molecule is C=C(C)C(=O)OCCCOc1cc(-n2nc3ccc(C(=O)OC)cc3n2)c(O)c(C(C)(C)C)c1. The first-order chi connectivity index (χ1) is 16.0. The van der Waals surface area contributed by atoms with Crippen LogP contribution < -0.4 is 4.74 Å². The smallest absolute Gasteiger partial charge is 0.337 e. The first-order valence-corrected chi connectivity index (χ1v) is 10.8. The normalized spacial score (nSPS) is 11.3. The van der Waals surface area contributed by atoms with Crippen LogP contribution in [0.5, 0.6) is 11.5 Å². The Balaban J connectivity index is 1.90. The predicted octanol–water partition coefficient (Wildman–Crippen LogP) is 4.10. The van der Waals surface area contributed by atoms with Crippen LogP contribution in [0.3, 0.4) is 0 Å². The number of ether oxygens (including phenoxy) is 3. The lowest BCUT2D eigenvalue weighted by Gasteiger charge is -2.23. The van der Waals surface area contributed by atoms with Gasteiger partial charge in [0, 0.05) is 23.6 Å². The van der Waals surface area contributed by atoms with Gasteiger partial charge in [0.25, 0.3) is 0 Å². The second-order valence-corrected chi connectivity index (χ2v) is 8.89. The van der Waals surface area contributed by atoms with E-state index in [1.807, 2.05) is 20.8 Å². The zero-order valence-electron chi connectivity index (χ0n) is 20.0. The number of methoxy groups -OCH3 is 1. The fraction of sp³-hybridized carbons (Fsp3) is 0.360. The molecule has 0 spiro atoms. The summed E-state index contributed by atoms with van der Waals surface area (Å²) in [6.07, 6.45) is 0.486. The summed E-state index contributed by atoms with van der Waals surface area (Å²) in [7, 11) is 1.31. The predicted molar refractivity (Wildman–Crippen MR) is 126 cm³/mol. The molecule has 0 aliphatic rings. The number of aromatic nitrogens is 3. The molecule has 0 fully saturated rings. The minimum atomic E-state index is -0.473. The number of esters is 2. The Bertz CT molecular complexity index is 1240. The van der Waals surface area contributed by atoms with Crippen LogP contribution in [0.15, 0.2) is 42.5 Å². The highest BCUT2D eigenvalue weighted by Gasteiger charge is 2.24. The molecule has 3 aromatic rings. The Hall–Kier alpha value is -3.88. The summed E-state index contributed by atoms with van der Waals surface area (Å²) >= 11 is 0. The van der Waals surface area contributed by atoms with E-state index >= 15 is 0 Å².